The van der Waals surface area contributed by atoms with Crippen LogP contribution in [-0.4, -0.2) is 16.4 Å². The van der Waals surface area contributed by atoms with Crippen molar-refractivity contribution < 1.29 is 4.74 Å². The maximum absolute atomic E-state index is 9.18. The van der Waals surface area contributed by atoms with Gasteiger partial charge in [0.15, 0.2) is 10.8 Å². The number of fused-ring (bicyclic) bond motifs is 3. The Balaban J connectivity index is 2.16. The maximum atomic E-state index is 9.18. The lowest BCUT2D eigenvalue weighted by molar-refractivity contribution is 0.0725. The zero-order valence-corrected chi connectivity index (χ0v) is 12.8. The molecule has 2 aliphatic rings. The molecule has 0 amide bonds. The van der Waals surface area contributed by atoms with Crippen molar-refractivity contribution in [2.24, 2.45) is 0 Å². The fourth-order valence-electron chi connectivity index (χ4n) is 3.20. The normalized spacial score (nSPS) is 25.0. The molecule has 0 aromatic heterocycles. The summed E-state index contributed by atoms with van der Waals surface area (Å²) in [6, 6.07) is 7.37. The molecule has 0 unspecified atom stereocenters. The Labute approximate surface area is 128 Å². The van der Waals surface area contributed by atoms with Gasteiger partial charge in [-0.2, -0.15) is 10.5 Å². The molecule has 1 saturated heterocycles. The molecule has 21 heavy (non-hydrogen) atoms. The van der Waals surface area contributed by atoms with E-state index in [1.54, 1.807) is 12.1 Å². The van der Waals surface area contributed by atoms with E-state index in [1.807, 2.05) is 24.0 Å². The Morgan fingerprint density at radius 1 is 1.24 bits per heavy atom. The number of hydrogen-bond donors (Lipinski definition) is 1. The van der Waals surface area contributed by atoms with Gasteiger partial charge < -0.3 is 10.1 Å². The van der Waals surface area contributed by atoms with Crippen molar-refractivity contribution in [3.05, 3.63) is 23.3 Å². The molecule has 106 valence electrons. The first-order chi connectivity index (χ1) is 9.79. The van der Waals surface area contributed by atoms with Gasteiger partial charge in [-0.1, -0.05) is 0 Å². The second kappa shape index (κ2) is 4.09. The Morgan fingerprint density at radius 2 is 1.86 bits per heavy atom. The molecule has 1 aromatic rings. The highest BCUT2D eigenvalue weighted by Gasteiger charge is 2.51. The van der Waals surface area contributed by atoms with Crippen LogP contribution in [0.1, 0.15) is 38.3 Å². The van der Waals surface area contributed by atoms with Gasteiger partial charge in [-0.25, -0.2) is 0 Å². The molecule has 2 heterocycles. The SMILES string of the molecule is CC1(C)C[C@@]2(C)Oc3cc(C#N)c(C#N)cc3N2C(=S)N1. The monoisotopic (exact) mass is 298 g/mol. The largest absolute Gasteiger partial charge is 0.466 e. The maximum Gasteiger partial charge on any atom is 0.188 e. The van der Waals surface area contributed by atoms with Crippen LogP contribution in [0.25, 0.3) is 0 Å². The van der Waals surface area contributed by atoms with Gasteiger partial charge in [0.05, 0.1) is 16.8 Å². The van der Waals surface area contributed by atoms with Gasteiger partial charge >= 0.3 is 0 Å². The highest BCUT2D eigenvalue weighted by atomic mass is 32.1. The summed E-state index contributed by atoms with van der Waals surface area (Å²) >= 11 is 5.47. The van der Waals surface area contributed by atoms with Crippen molar-refractivity contribution in [3.8, 4) is 17.9 Å². The molecule has 0 aliphatic carbocycles. The summed E-state index contributed by atoms with van der Waals surface area (Å²) in [5, 5.41) is 22.2. The van der Waals surface area contributed by atoms with Gasteiger partial charge in [-0.15, -0.1) is 0 Å². The Kier molecular flexibility index (Phi) is 2.66. The van der Waals surface area contributed by atoms with Gasteiger partial charge in [0.2, 0.25) is 0 Å². The lowest BCUT2D eigenvalue weighted by atomic mass is 9.90. The second-order valence-electron chi connectivity index (χ2n) is 6.19. The molecule has 0 spiro atoms. The topological polar surface area (TPSA) is 72.1 Å². The van der Waals surface area contributed by atoms with Crippen LogP contribution in [-0.2, 0) is 0 Å². The third-order valence-corrected chi connectivity index (χ3v) is 4.09. The van der Waals surface area contributed by atoms with E-state index >= 15 is 0 Å². The number of ether oxygens (including phenoxy) is 1. The van der Waals surface area contributed by atoms with E-state index in [-0.39, 0.29) is 5.54 Å². The second-order valence-corrected chi connectivity index (χ2v) is 6.58. The summed E-state index contributed by atoms with van der Waals surface area (Å²) in [5.41, 5.74) is 0.603. The van der Waals surface area contributed by atoms with E-state index in [4.69, 9.17) is 22.2 Å². The predicted molar refractivity (Wildman–Crippen MR) is 81.8 cm³/mol. The van der Waals surface area contributed by atoms with Gasteiger partial charge in [-0.05, 0) is 39.1 Å². The fourth-order valence-corrected chi connectivity index (χ4v) is 3.76. The molecule has 1 atom stereocenters. The number of hydrogen-bond acceptors (Lipinski definition) is 4. The summed E-state index contributed by atoms with van der Waals surface area (Å²) in [6.07, 6.45) is 0.721. The molecule has 0 saturated carbocycles. The molecular formula is C15H14N4OS. The summed E-state index contributed by atoms with van der Waals surface area (Å²) in [6.45, 7) is 6.10. The molecule has 0 radical (unpaired) electrons. The van der Waals surface area contributed by atoms with Crippen molar-refractivity contribution >= 4 is 23.0 Å². The third kappa shape index (κ3) is 1.91. The van der Waals surface area contributed by atoms with E-state index in [0.29, 0.717) is 22.0 Å². The Bertz CT molecular complexity index is 743. The minimum absolute atomic E-state index is 0.180. The van der Waals surface area contributed by atoms with Crippen molar-refractivity contribution in [2.75, 3.05) is 4.90 Å². The van der Waals surface area contributed by atoms with E-state index in [0.717, 1.165) is 12.1 Å². The van der Waals surface area contributed by atoms with Crippen LogP contribution in [0, 0.1) is 22.7 Å². The summed E-state index contributed by atoms with van der Waals surface area (Å²) < 4.78 is 6.08. The van der Waals surface area contributed by atoms with Crippen LogP contribution < -0.4 is 15.0 Å². The van der Waals surface area contributed by atoms with Crippen LogP contribution in [0.2, 0.25) is 0 Å². The van der Waals surface area contributed by atoms with Crippen LogP contribution in [0.3, 0.4) is 0 Å². The molecule has 0 bridgehead atoms. The number of thiocarbonyl (C=S) groups is 1. The predicted octanol–water partition coefficient (Wildman–Crippen LogP) is 2.40. The van der Waals surface area contributed by atoms with Gasteiger partial charge in [0.25, 0.3) is 0 Å². The number of benzene rings is 1. The van der Waals surface area contributed by atoms with Crippen LogP contribution in [0.15, 0.2) is 12.1 Å². The van der Waals surface area contributed by atoms with E-state index < -0.39 is 5.72 Å². The smallest absolute Gasteiger partial charge is 0.188 e. The minimum Gasteiger partial charge on any atom is -0.466 e. The van der Waals surface area contributed by atoms with Crippen LogP contribution in [0.5, 0.6) is 5.75 Å². The first-order valence-corrected chi connectivity index (χ1v) is 7.00. The quantitative estimate of drug-likeness (QED) is 0.742. The zero-order valence-electron chi connectivity index (χ0n) is 12.0. The summed E-state index contributed by atoms with van der Waals surface area (Å²) in [4.78, 5) is 1.89. The first kappa shape index (κ1) is 13.7. The molecule has 5 nitrogen and oxygen atoms in total. The van der Waals surface area contributed by atoms with Gasteiger partial charge in [0, 0.05) is 18.0 Å². The number of nitrogens with zero attached hydrogens (tertiary/aromatic N) is 3. The molecule has 6 heteroatoms. The number of nitriles is 2. The molecule has 2 aliphatic heterocycles. The minimum atomic E-state index is -0.602. The van der Waals surface area contributed by atoms with Crippen LogP contribution >= 0.6 is 12.2 Å². The van der Waals surface area contributed by atoms with E-state index in [1.165, 1.54) is 0 Å². The van der Waals surface area contributed by atoms with Crippen LogP contribution in [0.4, 0.5) is 5.69 Å². The standard InChI is InChI=1S/C15H14N4OS/c1-14(2)8-15(3)19(13(21)18-14)11-4-9(6-16)10(7-17)5-12(11)20-15/h4-5H,8H2,1-3H3,(H,18,21)/t15-/m1/s1. The number of nitrogens with one attached hydrogen (secondary N) is 1. The van der Waals surface area contributed by atoms with E-state index in [2.05, 4.69) is 19.2 Å². The van der Waals surface area contributed by atoms with Crippen molar-refractivity contribution in [3.63, 3.8) is 0 Å². The molecule has 1 fully saturated rings. The van der Waals surface area contributed by atoms with Gasteiger partial charge in [0.1, 0.15) is 17.9 Å². The highest BCUT2D eigenvalue weighted by molar-refractivity contribution is 7.80. The van der Waals surface area contributed by atoms with Crippen molar-refractivity contribution in [2.45, 2.75) is 38.5 Å². The molecule has 1 aromatic carbocycles. The highest BCUT2D eigenvalue weighted by Crippen LogP contribution is 2.48. The third-order valence-electron chi connectivity index (χ3n) is 3.80. The fraction of sp³-hybridized carbons (Fsp3) is 0.400. The molecule has 3 rings (SSSR count). The molecular weight excluding hydrogens is 284 g/mol. The summed E-state index contributed by atoms with van der Waals surface area (Å²) in [7, 11) is 0. The molecule has 1 N–H and O–H groups in total. The average Bonchev–Trinajstić information content (AvgIpc) is 2.65. The lowest BCUT2D eigenvalue weighted by Gasteiger charge is -2.47. The first-order valence-electron chi connectivity index (χ1n) is 6.59. The van der Waals surface area contributed by atoms with E-state index in [9.17, 15) is 5.26 Å². The lowest BCUT2D eigenvalue weighted by Crippen LogP contribution is -2.66. The van der Waals surface area contributed by atoms with Crippen molar-refractivity contribution in [1.82, 2.24) is 5.32 Å². The number of anilines is 1. The Morgan fingerprint density at radius 3 is 2.48 bits per heavy atom. The average molecular weight is 298 g/mol. The van der Waals surface area contributed by atoms with Crippen molar-refractivity contribution in [1.29, 1.82) is 10.5 Å². The zero-order chi connectivity index (χ0) is 15.4. The Hall–Kier alpha value is -2.31. The van der Waals surface area contributed by atoms with Gasteiger partial charge in [-0.3, -0.25) is 4.90 Å². The number of rotatable bonds is 0. The summed E-state index contributed by atoms with van der Waals surface area (Å²) in [5.74, 6) is 0.593.